The second-order valence-corrected chi connectivity index (χ2v) is 4.77. The fourth-order valence-electron chi connectivity index (χ4n) is 2.24. The van der Waals surface area contributed by atoms with Gasteiger partial charge in [-0.15, -0.1) is 0 Å². The Balaban J connectivity index is 1.82. The van der Waals surface area contributed by atoms with E-state index >= 15 is 0 Å². The molecule has 0 spiro atoms. The largest absolute Gasteiger partial charge is 0.489 e. The molecule has 0 saturated heterocycles. The van der Waals surface area contributed by atoms with Crippen LogP contribution >= 0.6 is 0 Å². The highest BCUT2D eigenvalue weighted by molar-refractivity contribution is 6.07. The molecule has 1 heterocycles. The summed E-state index contributed by atoms with van der Waals surface area (Å²) in [6, 6.07) is 12.5. The normalized spacial score (nSPS) is 12.8. The van der Waals surface area contributed by atoms with Crippen LogP contribution in [0.5, 0.6) is 5.75 Å². The van der Waals surface area contributed by atoms with Gasteiger partial charge in [0.2, 0.25) is 0 Å². The minimum Gasteiger partial charge on any atom is -0.489 e. The molecule has 1 aliphatic heterocycles. The lowest BCUT2D eigenvalue weighted by molar-refractivity contribution is 0.102. The van der Waals surface area contributed by atoms with Crippen molar-refractivity contribution in [2.45, 2.75) is 6.61 Å². The van der Waals surface area contributed by atoms with E-state index in [1.165, 1.54) is 0 Å². The number of anilines is 2. The van der Waals surface area contributed by atoms with Crippen LogP contribution in [-0.4, -0.2) is 24.2 Å². The zero-order chi connectivity index (χ0) is 14.7. The van der Waals surface area contributed by atoms with E-state index in [0.717, 1.165) is 17.8 Å². The highest BCUT2D eigenvalue weighted by Gasteiger charge is 2.18. The SMILES string of the molecule is O=C(Nc1ccc(CO)cc1)c1cccc2c1OCCN2. The summed E-state index contributed by atoms with van der Waals surface area (Å²) in [5.41, 5.74) is 2.83. The van der Waals surface area contributed by atoms with Crippen LogP contribution in [0.25, 0.3) is 0 Å². The first-order valence-electron chi connectivity index (χ1n) is 6.79. The molecular formula is C16H16N2O3. The summed E-state index contributed by atoms with van der Waals surface area (Å²) in [6.45, 7) is 1.27. The third-order valence-electron chi connectivity index (χ3n) is 3.32. The predicted octanol–water partition coefficient (Wildman–Crippen LogP) is 2.24. The van der Waals surface area contributed by atoms with Gasteiger partial charge >= 0.3 is 0 Å². The van der Waals surface area contributed by atoms with Gasteiger partial charge in [-0.1, -0.05) is 18.2 Å². The van der Waals surface area contributed by atoms with E-state index in [0.29, 0.717) is 23.6 Å². The minimum absolute atomic E-state index is 0.0140. The summed E-state index contributed by atoms with van der Waals surface area (Å²) in [7, 11) is 0. The molecule has 2 aromatic carbocycles. The molecule has 108 valence electrons. The van der Waals surface area contributed by atoms with E-state index < -0.39 is 0 Å². The molecule has 0 saturated carbocycles. The second kappa shape index (κ2) is 5.85. The summed E-state index contributed by atoms with van der Waals surface area (Å²) in [5.74, 6) is 0.375. The summed E-state index contributed by atoms with van der Waals surface area (Å²) < 4.78 is 5.59. The van der Waals surface area contributed by atoms with Gasteiger partial charge in [0.1, 0.15) is 6.61 Å². The zero-order valence-electron chi connectivity index (χ0n) is 11.4. The molecule has 0 aromatic heterocycles. The first-order chi connectivity index (χ1) is 10.3. The van der Waals surface area contributed by atoms with Crippen molar-refractivity contribution in [2.24, 2.45) is 0 Å². The van der Waals surface area contributed by atoms with Crippen LogP contribution in [0.2, 0.25) is 0 Å². The highest BCUT2D eigenvalue weighted by Crippen LogP contribution is 2.31. The molecule has 1 amide bonds. The average Bonchev–Trinajstić information content (AvgIpc) is 2.55. The van der Waals surface area contributed by atoms with Crippen LogP contribution in [0.3, 0.4) is 0 Å². The van der Waals surface area contributed by atoms with Crippen LogP contribution < -0.4 is 15.4 Å². The topological polar surface area (TPSA) is 70.6 Å². The number of carbonyl (C=O) groups excluding carboxylic acids is 1. The number of hydrogen-bond donors (Lipinski definition) is 3. The van der Waals surface area contributed by atoms with Gasteiger partial charge in [0.15, 0.2) is 5.75 Å². The average molecular weight is 284 g/mol. The Morgan fingerprint density at radius 2 is 2.05 bits per heavy atom. The number of benzene rings is 2. The molecule has 0 aliphatic carbocycles. The van der Waals surface area contributed by atoms with Crippen molar-refractivity contribution in [3.05, 3.63) is 53.6 Å². The molecule has 5 nitrogen and oxygen atoms in total. The van der Waals surface area contributed by atoms with Crippen molar-refractivity contribution in [1.29, 1.82) is 0 Å². The lowest BCUT2D eigenvalue weighted by atomic mass is 10.1. The standard InChI is InChI=1S/C16H16N2O3/c19-10-11-4-6-12(7-5-11)18-16(20)13-2-1-3-14-15(13)21-9-8-17-14/h1-7,17,19H,8-10H2,(H,18,20). The van der Waals surface area contributed by atoms with Crippen molar-refractivity contribution >= 4 is 17.3 Å². The Morgan fingerprint density at radius 3 is 2.81 bits per heavy atom. The van der Waals surface area contributed by atoms with Gasteiger partial charge < -0.3 is 20.5 Å². The first-order valence-corrected chi connectivity index (χ1v) is 6.79. The molecule has 5 heteroatoms. The van der Waals surface area contributed by atoms with Crippen molar-refractivity contribution in [2.75, 3.05) is 23.8 Å². The molecule has 0 atom stereocenters. The number of ether oxygens (including phenoxy) is 1. The van der Waals surface area contributed by atoms with Gasteiger partial charge in [-0.05, 0) is 29.8 Å². The number of aliphatic hydroxyl groups is 1. The second-order valence-electron chi connectivity index (χ2n) is 4.77. The van der Waals surface area contributed by atoms with Crippen LogP contribution in [0.4, 0.5) is 11.4 Å². The summed E-state index contributed by atoms with van der Waals surface area (Å²) in [5, 5.41) is 15.0. The molecule has 0 fully saturated rings. The maximum absolute atomic E-state index is 12.4. The molecule has 2 aromatic rings. The smallest absolute Gasteiger partial charge is 0.259 e. The number of rotatable bonds is 3. The van der Waals surface area contributed by atoms with E-state index in [1.807, 2.05) is 12.1 Å². The van der Waals surface area contributed by atoms with Crippen LogP contribution in [0.15, 0.2) is 42.5 Å². The molecular weight excluding hydrogens is 268 g/mol. The molecule has 0 bridgehead atoms. The van der Waals surface area contributed by atoms with Crippen LogP contribution in [-0.2, 0) is 6.61 Å². The van der Waals surface area contributed by atoms with Gasteiger partial charge in [-0.2, -0.15) is 0 Å². The quantitative estimate of drug-likeness (QED) is 0.808. The molecule has 3 N–H and O–H groups in total. The molecule has 0 radical (unpaired) electrons. The monoisotopic (exact) mass is 284 g/mol. The Morgan fingerprint density at radius 1 is 1.24 bits per heavy atom. The number of hydrogen-bond acceptors (Lipinski definition) is 4. The van der Waals surface area contributed by atoms with E-state index in [1.54, 1.807) is 30.3 Å². The van der Waals surface area contributed by atoms with Gasteiger partial charge in [0.05, 0.1) is 17.9 Å². The Kier molecular flexibility index (Phi) is 3.75. The van der Waals surface area contributed by atoms with Crippen molar-refractivity contribution in [3.63, 3.8) is 0 Å². The number of para-hydroxylation sites is 1. The molecule has 0 unspecified atom stereocenters. The zero-order valence-corrected chi connectivity index (χ0v) is 11.4. The van der Waals surface area contributed by atoms with Gasteiger partial charge in [-0.25, -0.2) is 0 Å². The number of nitrogens with one attached hydrogen (secondary N) is 2. The molecule has 3 rings (SSSR count). The number of carbonyl (C=O) groups is 1. The minimum atomic E-state index is -0.215. The Hall–Kier alpha value is -2.53. The summed E-state index contributed by atoms with van der Waals surface area (Å²) >= 11 is 0. The predicted molar refractivity (Wildman–Crippen MR) is 80.7 cm³/mol. The lowest BCUT2D eigenvalue weighted by Crippen LogP contribution is -2.21. The summed E-state index contributed by atoms with van der Waals surface area (Å²) in [6.07, 6.45) is 0. The van der Waals surface area contributed by atoms with E-state index in [9.17, 15) is 4.79 Å². The van der Waals surface area contributed by atoms with E-state index in [2.05, 4.69) is 10.6 Å². The fourth-order valence-corrected chi connectivity index (χ4v) is 2.24. The van der Waals surface area contributed by atoms with Crippen LogP contribution in [0, 0.1) is 0 Å². The highest BCUT2D eigenvalue weighted by atomic mass is 16.5. The molecule has 1 aliphatic rings. The Labute approximate surface area is 122 Å². The lowest BCUT2D eigenvalue weighted by Gasteiger charge is -2.21. The van der Waals surface area contributed by atoms with E-state index in [-0.39, 0.29) is 12.5 Å². The maximum atomic E-state index is 12.4. The van der Waals surface area contributed by atoms with Gasteiger partial charge in [0, 0.05) is 12.2 Å². The Bertz CT molecular complexity index is 653. The van der Waals surface area contributed by atoms with Crippen LogP contribution in [0.1, 0.15) is 15.9 Å². The van der Waals surface area contributed by atoms with Gasteiger partial charge in [0.25, 0.3) is 5.91 Å². The third kappa shape index (κ3) is 2.83. The maximum Gasteiger partial charge on any atom is 0.259 e. The number of fused-ring (bicyclic) bond motifs is 1. The van der Waals surface area contributed by atoms with Crippen molar-refractivity contribution in [1.82, 2.24) is 0 Å². The van der Waals surface area contributed by atoms with Crippen molar-refractivity contribution < 1.29 is 14.6 Å². The summed E-state index contributed by atoms with van der Waals surface area (Å²) in [4.78, 5) is 12.4. The first kappa shape index (κ1) is 13.5. The van der Waals surface area contributed by atoms with Gasteiger partial charge in [-0.3, -0.25) is 4.79 Å². The fraction of sp³-hybridized carbons (Fsp3) is 0.188. The third-order valence-corrected chi connectivity index (χ3v) is 3.32. The molecule has 21 heavy (non-hydrogen) atoms. The number of aliphatic hydroxyl groups excluding tert-OH is 1. The van der Waals surface area contributed by atoms with E-state index in [4.69, 9.17) is 9.84 Å². The number of amides is 1. The van der Waals surface area contributed by atoms with Crippen molar-refractivity contribution in [3.8, 4) is 5.75 Å².